The van der Waals surface area contributed by atoms with Crippen LogP contribution in [0.1, 0.15) is 22.3 Å². The van der Waals surface area contributed by atoms with Crippen molar-refractivity contribution >= 4 is 22.7 Å². The summed E-state index contributed by atoms with van der Waals surface area (Å²) in [5, 5.41) is 18.5. The molecule has 0 heterocycles. The van der Waals surface area contributed by atoms with E-state index < -0.39 is 0 Å². The SMILES string of the molecule is N#Cc1ccccc1/C=C/C=C(\Cl)c1ccccc1C#N. The monoisotopic (exact) mass is 290 g/mol. The standard InChI is InChI=1S/C18H11ClN2/c19-18(17-10-4-3-8-16(17)13-21)11-5-9-14-6-1-2-7-15(14)12-20/h1-11H/b9-5+,18-11-. The van der Waals surface area contributed by atoms with Crippen molar-refractivity contribution < 1.29 is 0 Å². The van der Waals surface area contributed by atoms with Crippen LogP contribution in [0, 0.1) is 22.7 Å². The molecule has 0 saturated heterocycles. The molecule has 0 N–H and O–H groups in total. The fourth-order valence-corrected chi connectivity index (χ4v) is 2.10. The summed E-state index contributed by atoms with van der Waals surface area (Å²) in [5.74, 6) is 0. The maximum Gasteiger partial charge on any atom is 0.0998 e. The Hall–Kier alpha value is -2.81. The topological polar surface area (TPSA) is 47.6 Å². The Kier molecular flexibility index (Phi) is 4.94. The van der Waals surface area contributed by atoms with Crippen molar-refractivity contribution in [2.75, 3.05) is 0 Å². The predicted molar refractivity (Wildman–Crippen MR) is 85.2 cm³/mol. The third-order valence-corrected chi connectivity index (χ3v) is 3.23. The molecule has 0 spiro atoms. The summed E-state index contributed by atoms with van der Waals surface area (Å²) < 4.78 is 0. The quantitative estimate of drug-likeness (QED) is 0.768. The van der Waals surface area contributed by atoms with E-state index in [4.69, 9.17) is 22.1 Å². The van der Waals surface area contributed by atoms with Gasteiger partial charge in [0.1, 0.15) is 0 Å². The van der Waals surface area contributed by atoms with Crippen LogP contribution in [0.3, 0.4) is 0 Å². The smallest absolute Gasteiger partial charge is 0.0998 e. The lowest BCUT2D eigenvalue weighted by atomic mass is 10.1. The van der Waals surface area contributed by atoms with Gasteiger partial charge in [-0.1, -0.05) is 60.2 Å². The van der Waals surface area contributed by atoms with E-state index >= 15 is 0 Å². The molecule has 0 aliphatic heterocycles. The molecule has 0 aliphatic carbocycles. The maximum absolute atomic E-state index is 9.05. The summed E-state index contributed by atoms with van der Waals surface area (Å²) in [4.78, 5) is 0. The van der Waals surface area contributed by atoms with Crippen LogP contribution in [0.5, 0.6) is 0 Å². The molecule has 2 aromatic rings. The molecule has 100 valence electrons. The molecule has 2 nitrogen and oxygen atoms in total. The molecular weight excluding hydrogens is 280 g/mol. The molecule has 21 heavy (non-hydrogen) atoms. The number of nitrogens with zero attached hydrogens (tertiary/aromatic N) is 2. The van der Waals surface area contributed by atoms with Crippen LogP contribution in [0.15, 0.2) is 60.7 Å². The van der Waals surface area contributed by atoms with Crippen molar-refractivity contribution in [3.63, 3.8) is 0 Å². The zero-order chi connectivity index (χ0) is 15.1. The number of nitriles is 2. The minimum absolute atomic E-state index is 0.484. The fraction of sp³-hybridized carbons (Fsp3) is 0. The lowest BCUT2D eigenvalue weighted by Gasteiger charge is -2.00. The van der Waals surface area contributed by atoms with E-state index in [2.05, 4.69) is 12.1 Å². The molecule has 0 atom stereocenters. The van der Waals surface area contributed by atoms with Crippen LogP contribution >= 0.6 is 11.6 Å². The van der Waals surface area contributed by atoms with Gasteiger partial charge in [-0.25, -0.2) is 0 Å². The first-order valence-corrected chi connectivity index (χ1v) is 6.66. The largest absolute Gasteiger partial charge is 0.192 e. The van der Waals surface area contributed by atoms with E-state index in [0.717, 1.165) is 5.56 Å². The molecule has 0 amide bonds. The van der Waals surface area contributed by atoms with Gasteiger partial charge in [-0.15, -0.1) is 0 Å². The van der Waals surface area contributed by atoms with Crippen molar-refractivity contribution in [3.05, 3.63) is 82.9 Å². The fourth-order valence-electron chi connectivity index (χ4n) is 1.86. The first-order valence-electron chi connectivity index (χ1n) is 6.28. The Bertz CT molecular complexity index is 789. The first-order chi connectivity index (χ1) is 10.3. The Morgan fingerprint density at radius 1 is 0.905 bits per heavy atom. The lowest BCUT2D eigenvalue weighted by Crippen LogP contribution is -1.83. The highest BCUT2D eigenvalue weighted by atomic mass is 35.5. The molecular formula is C18H11ClN2. The summed E-state index contributed by atoms with van der Waals surface area (Å²) in [5.41, 5.74) is 2.66. The number of benzene rings is 2. The van der Waals surface area contributed by atoms with Crippen molar-refractivity contribution in [1.29, 1.82) is 10.5 Å². The van der Waals surface area contributed by atoms with Crippen molar-refractivity contribution in [2.45, 2.75) is 0 Å². The van der Waals surface area contributed by atoms with Crippen molar-refractivity contribution in [2.24, 2.45) is 0 Å². The van der Waals surface area contributed by atoms with Crippen LogP contribution in [-0.2, 0) is 0 Å². The molecule has 3 heteroatoms. The molecule has 2 rings (SSSR count). The molecule has 0 aromatic heterocycles. The Labute approximate surface area is 128 Å². The molecule has 0 radical (unpaired) electrons. The van der Waals surface area contributed by atoms with Crippen LogP contribution < -0.4 is 0 Å². The number of rotatable bonds is 3. The van der Waals surface area contributed by atoms with E-state index in [-0.39, 0.29) is 0 Å². The van der Waals surface area contributed by atoms with Gasteiger partial charge in [-0.05, 0) is 23.8 Å². The first kappa shape index (κ1) is 14.6. The normalized spacial score (nSPS) is 11.1. The number of hydrogen-bond acceptors (Lipinski definition) is 2. The highest BCUT2D eigenvalue weighted by Gasteiger charge is 2.03. The molecule has 0 saturated carbocycles. The van der Waals surface area contributed by atoms with Gasteiger partial charge in [0.2, 0.25) is 0 Å². The van der Waals surface area contributed by atoms with Gasteiger partial charge < -0.3 is 0 Å². The third kappa shape index (κ3) is 3.60. The van der Waals surface area contributed by atoms with Crippen LogP contribution in [0.4, 0.5) is 0 Å². The van der Waals surface area contributed by atoms with E-state index in [1.54, 1.807) is 36.4 Å². The molecule has 0 aliphatic rings. The Morgan fingerprint density at radius 3 is 2.24 bits per heavy atom. The van der Waals surface area contributed by atoms with Crippen LogP contribution in [0.25, 0.3) is 11.1 Å². The second-order valence-electron chi connectivity index (χ2n) is 4.23. The average Bonchev–Trinajstić information content (AvgIpc) is 2.55. The number of allylic oxidation sites excluding steroid dienone is 2. The predicted octanol–water partition coefficient (Wildman–Crippen LogP) is 4.72. The molecule has 0 bridgehead atoms. The molecule has 2 aromatic carbocycles. The minimum atomic E-state index is 0.484. The number of halogens is 1. The second kappa shape index (κ2) is 7.10. The number of hydrogen-bond donors (Lipinski definition) is 0. The van der Waals surface area contributed by atoms with Gasteiger partial charge >= 0.3 is 0 Å². The molecule has 0 unspecified atom stereocenters. The highest BCUT2D eigenvalue weighted by Crippen LogP contribution is 2.22. The van der Waals surface area contributed by atoms with Crippen LogP contribution in [0.2, 0.25) is 0 Å². The van der Waals surface area contributed by atoms with E-state index in [1.807, 2.05) is 30.3 Å². The summed E-state index contributed by atoms with van der Waals surface area (Å²) in [6.07, 6.45) is 5.30. The summed E-state index contributed by atoms with van der Waals surface area (Å²) >= 11 is 6.22. The van der Waals surface area contributed by atoms with Gasteiger partial charge in [0.25, 0.3) is 0 Å². The lowest BCUT2D eigenvalue weighted by molar-refractivity contribution is 1.47. The summed E-state index contributed by atoms with van der Waals surface area (Å²) in [6.45, 7) is 0. The zero-order valence-corrected chi connectivity index (χ0v) is 11.9. The maximum atomic E-state index is 9.05. The van der Waals surface area contributed by atoms with E-state index in [1.165, 1.54) is 0 Å². The van der Waals surface area contributed by atoms with Gasteiger partial charge in [-0.3, -0.25) is 0 Å². The van der Waals surface area contributed by atoms with Crippen molar-refractivity contribution in [1.82, 2.24) is 0 Å². The summed E-state index contributed by atoms with van der Waals surface area (Å²) in [7, 11) is 0. The van der Waals surface area contributed by atoms with Gasteiger partial charge in [0, 0.05) is 10.6 Å². The van der Waals surface area contributed by atoms with E-state index in [9.17, 15) is 0 Å². The van der Waals surface area contributed by atoms with E-state index in [0.29, 0.717) is 21.7 Å². The van der Waals surface area contributed by atoms with Gasteiger partial charge in [0.15, 0.2) is 0 Å². The minimum Gasteiger partial charge on any atom is -0.192 e. The van der Waals surface area contributed by atoms with Gasteiger partial charge in [-0.2, -0.15) is 10.5 Å². The van der Waals surface area contributed by atoms with Gasteiger partial charge in [0.05, 0.1) is 23.3 Å². The Balaban J connectivity index is 2.27. The van der Waals surface area contributed by atoms with Crippen LogP contribution in [-0.4, -0.2) is 0 Å². The second-order valence-corrected chi connectivity index (χ2v) is 4.64. The zero-order valence-electron chi connectivity index (χ0n) is 11.1. The summed E-state index contributed by atoms with van der Waals surface area (Å²) in [6, 6.07) is 18.7. The average molecular weight is 291 g/mol. The Morgan fingerprint density at radius 2 is 1.52 bits per heavy atom. The highest BCUT2D eigenvalue weighted by molar-refractivity contribution is 6.49. The van der Waals surface area contributed by atoms with Crippen molar-refractivity contribution in [3.8, 4) is 12.1 Å². The third-order valence-electron chi connectivity index (χ3n) is 2.90. The molecule has 0 fully saturated rings.